The first-order valence-corrected chi connectivity index (χ1v) is 7.59. The summed E-state index contributed by atoms with van der Waals surface area (Å²) in [4.78, 5) is 16.9. The maximum Gasteiger partial charge on any atom is 0.251 e. The number of nitrogens with zero attached hydrogens (tertiary/aromatic N) is 1. The number of carbonyl (C=O) groups excluding carboxylic acids is 1. The van der Waals surface area contributed by atoms with E-state index in [4.69, 9.17) is 5.84 Å². The number of nitrogen functional groups attached to an aromatic ring is 1. The predicted octanol–water partition coefficient (Wildman–Crippen LogP) is 2.58. The van der Waals surface area contributed by atoms with Crippen LogP contribution in [0.5, 0.6) is 0 Å². The topological polar surface area (TPSA) is 80.0 Å². The summed E-state index contributed by atoms with van der Waals surface area (Å²) in [5.74, 6) is 6.64. The average Bonchev–Trinajstić information content (AvgIpc) is 2.82. The van der Waals surface area contributed by atoms with E-state index >= 15 is 0 Å². The van der Waals surface area contributed by atoms with Gasteiger partial charge in [-0.2, -0.15) is 0 Å². The highest BCUT2D eigenvalue weighted by atomic mass is 16.1. The van der Waals surface area contributed by atoms with Gasteiger partial charge in [-0.3, -0.25) is 4.79 Å². The molecule has 0 saturated heterocycles. The SMILES string of the molecule is CC1CCC(NC(=O)c2cc(NN)nc(C(C)(C)C)c2)C1. The molecule has 1 saturated carbocycles. The van der Waals surface area contributed by atoms with E-state index in [0.29, 0.717) is 17.3 Å². The molecule has 1 heterocycles. The number of hydrazine groups is 1. The largest absolute Gasteiger partial charge is 0.349 e. The molecule has 0 bridgehead atoms. The number of nitrogens with two attached hydrogens (primary N) is 1. The van der Waals surface area contributed by atoms with E-state index in [1.165, 1.54) is 6.42 Å². The summed E-state index contributed by atoms with van der Waals surface area (Å²) >= 11 is 0. The maximum absolute atomic E-state index is 12.4. The molecule has 1 fully saturated rings. The Morgan fingerprint density at radius 2 is 2.05 bits per heavy atom. The quantitative estimate of drug-likeness (QED) is 0.590. The summed E-state index contributed by atoms with van der Waals surface area (Å²) in [6, 6.07) is 3.84. The van der Waals surface area contributed by atoms with Crippen molar-refractivity contribution in [2.75, 3.05) is 5.43 Å². The summed E-state index contributed by atoms with van der Waals surface area (Å²) in [6.07, 6.45) is 3.31. The number of rotatable bonds is 3. The van der Waals surface area contributed by atoms with Crippen molar-refractivity contribution >= 4 is 11.7 Å². The second kappa shape index (κ2) is 6.02. The molecule has 21 heavy (non-hydrogen) atoms. The van der Waals surface area contributed by atoms with E-state index in [2.05, 4.69) is 43.4 Å². The highest BCUT2D eigenvalue weighted by molar-refractivity contribution is 5.95. The van der Waals surface area contributed by atoms with Gasteiger partial charge in [0.1, 0.15) is 5.82 Å². The van der Waals surface area contributed by atoms with Crippen LogP contribution in [-0.2, 0) is 5.41 Å². The van der Waals surface area contributed by atoms with Crippen LogP contribution in [0.15, 0.2) is 12.1 Å². The molecular formula is C16H26N4O. The zero-order valence-corrected chi connectivity index (χ0v) is 13.4. The van der Waals surface area contributed by atoms with Crippen LogP contribution < -0.4 is 16.6 Å². The van der Waals surface area contributed by atoms with Gasteiger partial charge in [0, 0.05) is 22.7 Å². The molecule has 0 aromatic carbocycles. The lowest BCUT2D eigenvalue weighted by Gasteiger charge is -2.20. The first kappa shape index (κ1) is 15.8. The minimum absolute atomic E-state index is 0.0431. The number of aromatic nitrogens is 1. The van der Waals surface area contributed by atoms with Crippen molar-refractivity contribution in [1.82, 2.24) is 10.3 Å². The Labute approximate surface area is 126 Å². The van der Waals surface area contributed by atoms with Crippen molar-refractivity contribution in [2.24, 2.45) is 11.8 Å². The van der Waals surface area contributed by atoms with Crippen molar-refractivity contribution in [3.8, 4) is 0 Å². The fourth-order valence-corrected chi connectivity index (χ4v) is 2.73. The maximum atomic E-state index is 12.4. The molecular weight excluding hydrogens is 264 g/mol. The van der Waals surface area contributed by atoms with Crippen LogP contribution in [-0.4, -0.2) is 16.9 Å². The Bertz CT molecular complexity index is 521. The van der Waals surface area contributed by atoms with Gasteiger partial charge in [0.15, 0.2) is 0 Å². The molecule has 1 amide bonds. The van der Waals surface area contributed by atoms with Crippen LogP contribution in [0.4, 0.5) is 5.82 Å². The molecule has 0 radical (unpaired) electrons. The molecule has 4 N–H and O–H groups in total. The van der Waals surface area contributed by atoms with Gasteiger partial charge in [-0.1, -0.05) is 27.7 Å². The van der Waals surface area contributed by atoms with Crippen molar-refractivity contribution in [3.63, 3.8) is 0 Å². The van der Waals surface area contributed by atoms with Gasteiger partial charge in [-0.25, -0.2) is 10.8 Å². The molecule has 1 aromatic heterocycles. The fourth-order valence-electron chi connectivity index (χ4n) is 2.73. The smallest absolute Gasteiger partial charge is 0.251 e. The Balaban J connectivity index is 2.20. The normalized spacial score (nSPS) is 22.1. The molecule has 1 aromatic rings. The number of nitrogens with one attached hydrogen (secondary N) is 2. The molecule has 2 atom stereocenters. The molecule has 1 aliphatic rings. The minimum atomic E-state index is -0.135. The molecule has 116 valence electrons. The minimum Gasteiger partial charge on any atom is -0.349 e. The Kier molecular flexibility index (Phi) is 4.52. The van der Waals surface area contributed by atoms with Crippen LogP contribution in [0.25, 0.3) is 0 Å². The zero-order valence-electron chi connectivity index (χ0n) is 13.4. The average molecular weight is 290 g/mol. The van der Waals surface area contributed by atoms with E-state index in [9.17, 15) is 4.79 Å². The van der Waals surface area contributed by atoms with Crippen molar-refractivity contribution < 1.29 is 4.79 Å². The van der Waals surface area contributed by atoms with Crippen LogP contribution in [0.1, 0.15) is 63.0 Å². The Hall–Kier alpha value is -1.62. The number of hydrogen-bond acceptors (Lipinski definition) is 4. The zero-order chi connectivity index (χ0) is 15.6. The van der Waals surface area contributed by atoms with E-state index in [-0.39, 0.29) is 17.4 Å². The van der Waals surface area contributed by atoms with Gasteiger partial charge in [-0.15, -0.1) is 0 Å². The summed E-state index contributed by atoms with van der Waals surface area (Å²) < 4.78 is 0. The molecule has 5 heteroatoms. The molecule has 0 spiro atoms. The number of hydrogen-bond donors (Lipinski definition) is 3. The number of carbonyl (C=O) groups is 1. The van der Waals surface area contributed by atoms with Crippen LogP contribution >= 0.6 is 0 Å². The van der Waals surface area contributed by atoms with Crippen LogP contribution in [0.2, 0.25) is 0 Å². The molecule has 0 aliphatic heterocycles. The lowest BCUT2D eigenvalue weighted by atomic mass is 9.90. The van der Waals surface area contributed by atoms with Crippen molar-refractivity contribution in [3.05, 3.63) is 23.4 Å². The third-order valence-corrected chi connectivity index (χ3v) is 4.03. The molecule has 1 aliphatic carbocycles. The number of anilines is 1. The Morgan fingerprint density at radius 3 is 2.57 bits per heavy atom. The highest BCUT2D eigenvalue weighted by Gasteiger charge is 2.24. The van der Waals surface area contributed by atoms with Crippen LogP contribution in [0.3, 0.4) is 0 Å². The van der Waals surface area contributed by atoms with Crippen molar-refractivity contribution in [1.29, 1.82) is 0 Å². The number of pyridine rings is 1. The lowest BCUT2D eigenvalue weighted by molar-refractivity contribution is 0.0937. The molecule has 5 nitrogen and oxygen atoms in total. The monoisotopic (exact) mass is 290 g/mol. The highest BCUT2D eigenvalue weighted by Crippen LogP contribution is 2.26. The summed E-state index contributed by atoms with van der Waals surface area (Å²) in [6.45, 7) is 8.43. The lowest BCUT2D eigenvalue weighted by Crippen LogP contribution is -2.33. The van der Waals surface area contributed by atoms with E-state index < -0.39 is 0 Å². The van der Waals surface area contributed by atoms with Gasteiger partial charge in [-0.05, 0) is 37.3 Å². The second-order valence-corrected chi connectivity index (χ2v) is 7.11. The van der Waals surface area contributed by atoms with E-state index in [1.54, 1.807) is 6.07 Å². The first-order valence-electron chi connectivity index (χ1n) is 7.59. The summed E-state index contributed by atoms with van der Waals surface area (Å²) in [7, 11) is 0. The third kappa shape index (κ3) is 3.94. The van der Waals surface area contributed by atoms with E-state index in [1.807, 2.05) is 6.07 Å². The Morgan fingerprint density at radius 1 is 1.33 bits per heavy atom. The third-order valence-electron chi connectivity index (χ3n) is 4.03. The van der Waals surface area contributed by atoms with Crippen LogP contribution in [0, 0.1) is 5.92 Å². The summed E-state index contributed by atoms with van der Waals surface area (Å²) in [5, 5.41) is 3.12. The summed E-state index contributed by atoms with van der Waals surface area (Å²) in [5.41, 5.74) is 3.87. The number of amides is 1. The molecule has 2 unspecified atom stereocenters. The van der Waals surface area contributed by atoms with Gasteiger partial charge in [0.25, 0.3) is 5.91 Å². The fraction of sp³-hybridized carbons (Fsp3) is 0.625. The van der Waals surface area contributed by atoms with Gasteiger partial charge in [0.2, 0.25) is 0 Å². The second-order valence-electron chi connectivity index (χ2n) is 7.11. The van der Waals surface area contributed by atoms with Gasteiger partial charge in [0.05, 0.1) is 0 Å². The van der Waals surface area contributed by atoms with E-state index in [0.717, 1.165) is 18.5 Å². The standard InChI is InChI=1S/C16H26N4O/c1-10-5-6-12(7-10)18-15(21)11-8-13(16(2,3)4)19-14(9-11)20-17/h8-10,12H,5-7,17H2,1-4H3,(H,18,21)(H,19,20). The predicted molar refractivity (Wildman–Crippen MR) is 85.0 cm³/mol. The first-order chi connectivity index (χ1) is 9.79. The van der Waals surface area contributed by atoms with Gasteiger partial charge < -0.3 is 10.7 Å². The van der Waals surface area contributed by atoms with Crippen molar-refractivity contribution in [2.45, 2.75) is 58.4 Å². The van der Waals surface area contributed by atoms with Gasteiger partial charge >= 0.3 is 0 Å². The molecule has 2 rings (SSSR count).